The lowest BCUT2D eigenvalue weighted by Gasteiger charge is -2.13. The number of anilines is 1. The highest BCUT2D eigenvalue weighted by molar-refractivity contribution is 7.13. The van der Waals surface area contributed by atoms with E-state index in [2.05, 4.69) is 10.3 Å². The van der Waals surface area contributed by atoms with Crippen LogP contribution in [0.2, 0.25) is 0 Å². The first kappa shape index (κ1) is 10.1. The molecular weight excluding hydrogens is 224 g/mol. The Bertz CT molecular complexity index is 421. The first-order valence-corrected chi connectivity index (χ1v) is 6.50. The number of carboxylic acids is 1. The Morgan fingerprint density at radius 3 is 2.88 bits per heavy atom. The summed E-state index contributed by atoms with van der Waals surface area (Å²) >= 11 is 1.38. The summed E-state index contributed by atoms with van der Waals surface area (Å²) in [6.07, 6.45) is 5.39. The van der Waals surface area contributed by atoms with Gasteiger partial charge in [0.05, 0.1) is 0 Å². The van der Waals surface area contributed by atoms with Gasteiger partial charge in [-0.1, -0.05) is 0 Å². The molecule has 4 nitrogen and oxygen atoms in total. The first-order chi connectivity index (χ1) is 7.70. The van der Waals surface area contributed by atoms with Crippen molar-refractivity contribution in [1.29, 1.82) is 0 Å². The van der Waals surface area contributed by atoms with E-state index in [1.54, 1.807) is 5.38 Å². The van der Waals surface area contributed by atoms with Crippen LogP contribution in [0, 0.1) is 11.3 Å². The topological polar surface area (TPSA) is 62.2 Å². The van der Waals surface area contributed by atoms with E-state index in [4.69, 9.17) is 5.11 Å². The van der Waals surface area contributed by atoms with E-state index in [1.807, 2.05) is 0 Å². The molecule has 16 heavy (non-hydrogen) atoms. The molecule has 0 spiro atoms. The number of hydrogen-bond donors (Lipinski definition) is 2. The summed E-state index contributed by atoms with van der Waals surface area (Å²) in [5.74, 6) is -0.0356. The minimum Gasteiger partial charge on any atom is -0.476 e. The lowest BCUT2D eigenvalue weighted by Crippen LogP contribution is -2.17. The molecule has 0 radical (unpaired) electrons. The van der Waals surface area contributed by atoms with E-state index >= 15 is 0 Å². The smallest absolute Gasteiger partial charge is 0.355 e. The lowest BCUT2D eigenvalue weighted by molar-refractivity contribution is 0.0691. The van der Waals surface area contributed by atoms with E-state index in [9.17, 15) is 4.79 Å². The molecule has 2 fully saturated rings. The minimum atomic E-state index is -0.951. The summed E-state index contributed by atoms with van der Waals surface area (Å²) < 4.78 is 0. The third kappa shape index (κ3) is 1.80. The molecule has 3 rings (SSSR count). The van der Waals surface area contributed by atoms with Gasteiger partial charge in [0.15, 0.2) is 10.8 Å². The molecule has 1 heterocycles. The van der Waals surface area contributed by atoms with Gasteiger partial charge >= 0.3 is 5.97 Å². The summed E-state index contributed by atoms with van der Waals surface area (Å²) in [5.41, 5.74) is 0.665. The summed E-state index contributed by atoms with van der Waals surface area (Å²) in [6, 6.07) is 0. The maximum atomic E-state index is 10.7. The standard InChI is InChI=1S/C11H14N2O2S/c14-9(15)8-5-16-10(13-8)12-6-11(3-4-11)7-1-2-7/h5,7H,1-4,6H2,(H,12,13)(H,14,15). The van der Waals surface area contributed by atoms with E-state index in [0.717, 1.165) is 17.6 Å². The number of carbonyl (C=O) groups is 1. The zero-order valence-corrected chi connectivity index (χ0v) is 9.72. The highest BCUT2D eigenvalue weighted by Gasteiger charge is 2.53. The predicted octanol–water partition coefficient (Wildman–Crippen LogP) is 2.44. The van der Waals surface area contributed by atoms with Gasteiger partial charge in [0.25, 0.3) is 0 Å². The highest BCUT2D eigenvalue weighted by atomic mass is 32.1. The van der Waals surface area contributed by atoms with Crippen LogP contribution < -0.4 is 5.32 Å². The summed E-state index contributed by atoms with van der Waals surface area (Å²) in [4.78, 5) is 14.7. The Morgan fingerprint density at radius 2 is 2.38 bits per heavy atom. The van der Waals surface area contributed by atoms with Crippen LogP contribution in [0.5, 0.6) is 0 Å². The Labute approximate surface area is 97.7 Å². The Balaban J connectivity index is 1.59. The zero-order valence-electron chi connectivity index (χ0n) is 8.90. The van der Waals surface area contributed by atoms with Gasteiger partial charge in [0.2, 0.25) is 0 Å². The van der Waals surface area contributed by atoms with E-state index in [0.29, 0.717) is 5.41 Å². The van der Waals surface area contributed by atoms with Gasteiger partial charge in [-0.2, -0.15) is 0 Å². The molecular formula is C11H14N2O2S. The lowest BCUT2D eigenvalue weighted by atomic mass is 10.0. The molecule has 2 aliphatic rings. The number of rotatable bonds is 5. The van der Waals surface area contributed by atoms with Crippen molar-refractivity contribution in [3.63, 3.8) is 0 Å². The van der Waals surface area contributed by atoms with Crippen molar-refractivity contribution in [2.24, 2.45) is 11.3 Å². The Morgan fingerprint density at radius 1 is 1.62 bits per heavy atom. The Hall–Kier alpha value is -1.10. The van der Waals surface area contributed by atoms with Crippen LogP contribution in [0.25, 0.3) is 0 Å². The van der Waals surface area contributed by atoms with Crippen LogP contribution in [0.3, 0.4) is 0 Å². The number of aromatic nitrogens is 1. The van der Waals surface area contributed by atoms with Crippen LogP contribution >= 0.6 is 11.3 Å². The van der Waals surface area contributed by atoms with Gasteiger partial charge in [0.1, 0.15) is 0 Å². The van der Waals surface area contributed by atoms with Crippen molar-refractivity contribution in [2.45, 2.75) is 25.7 Å². The normalized spacial score (nSPS) is 21.8. The van der Waals surface area contributed by atoms with Gasteiger partial charge in [-0.05, 0) is 37.0 Å². The van der Waals surface area contributed by atoms with Crippen molar-refractivity contribution in [1.82, 2.24) is 4.98 Å². The molecule has 1 aromatic rings. The van der Waals surface area contributed by atoms with Gasteiger partial charge in [-0.3, -0.25) is 0 Å². The van der Waals surface area contributed by atoms with Crippen molar-refractivity contribution in [3.8, 4) is 0 Å². The number of thiazole rings is 1. The van der Waals surface area contributed by atoms with Gasteiger partial charge < -0.3 is 10.4 Å². The second kappa shape index (κ2) is 3.45. The highest BCUT2D eigenvalue weighted by Crippen LogP contribution is 2.61. The summed E-state index contributed by atoms with van der Waals surface area (Å²) in [5, 5.41) is 14.4. The second-order valence-corrected chi connectivity index (χ2v) is 5.69. The van der Waals surface area contributed by atoms with Crippen molar-refractivity contribution in [3.05, 3.63) is 11.1 Å². The van der Waals surface area contributed by atoms with E-state index < -0.39 is 5.97 Å². The molecule has 0 aliphatic heterocycles. The maximum absolute atomic E-state index is 10.7. The number of carboxylic acid groups (broad SMARTS) is 1. The first-order valence-electron chi connectivity index (χ1n) is 5.62. The predicted molar refractivity (Wildman–Crippen MR) is 62.0 cm³/mol. The SMILES string of the molecule is O=C(O)c1csc(NCC2(C3CC3)CC2)n1. The van der Waals surface area contributed by atoms with Crippen LogP contribution in [-0.2, 0) is 0 Å². The molecule has 0 atom stereocenters. The second-order valence-electron chi connectivity index (χ2n) is 4.83. The van der Waals surface area contributed by atoms with Crippen molar-refractivity contribution < 1.29 is 9.90 Å². The van der Waals surface area contributed by atoms with Gasteiger partial charge in [-0.25, -0.2) is 9.78 Å². The molecule has 2 N–H and O–H groups in total. The summed E-state index contributed by atoms with van der Waals surface area (Å²) in [7, 11) is 0. The number of nitrogens with zero attached hydrogens (tertiary/aromatic N) is 1. The fourth-order valence-corrected chi connectivity index (χ4v) is 2.97. The van der Waals surface area contributed by atoms with Gasteiger partial charge in [-0.15, -0.1) is 11.3 Å². The van der Waals surface area contributed by atoms with Crippen LogP contribution in [0.15, 0.2) is 5.38 Å². The molecule has 0 aromatic carbocycles. The molecule has 86 valence electrons. The third-order valence-corrected chi connectivity index (χ3v) is 4.45. The average Bonchev–Trinajstić information content (AvgIpc) is 3.13. The van der Waals surface area contributed by atoms with Gasteiger partial charge in [0, 0.05) is 11.9 Å². The molecule has 2 saturated carbocycles. The van der Waals surface area contributed by atoms with Crippen molar-refractivity contribution >= 4 is 22.4 Å². The molecule has 0 bridgehead atoms. The monoisotopic (exact) mass is 238 g/mol. The minimum absolute atomic E-state index is 0.142. The van der Waals surface area contributed by atoms with Crippen molar-refractivity contribution in [2.75, 3.05) is 11.9 Å². The van der Waals surface area contributed by atoms with E-state index in [1.165, 1.54) is 37.0 Å². The molecule has 2 aliphatic carbocycles. The molecule has 0 amide bonds. The largest absolute Gasteiger partial charge is 0.476 e. The van der Waals surface area contributed by atoms with E-state index in [-0.39, 0.29) is 5.69 Å². The molecule has 0 saturated heterocycles. The fraction of sp³-hybridized carbons (Fsp3) is 0.636. The molecule has 0 unspecified atom stereocenters. The maximum Gasteiger partial charge on any atom is 0.355 e. The number of nitrogens with one attached hydrogen (secondary N) is 1. The van der Waals surface area contributed by atoms with Crippen LogP contribution in [0.4, 0.5) is 5.13 Å². The van der Waals surface area contributed by atoms with Crippen LogP contribution in [0.1, 0.15) is 36.2 Å². The summed E-state index contributed by atoms with van der Waals surface area (Å²) in [6.45, 7) is 0.963. The Kier molecular flexibility index (Phi) is 2.17. The third-order valence-electron chi connectivity index (χ3n) is 3.65. The molecule has 5 heteroatoms. The van der Waals surface area contributed by atoms with Crippen LogP contribution in [-0.4, -0.2) is 22.6 Å². The average molecular weight is 238 g/mol. The fourth-order valence-electron chi connectivity index (χ4n) is 2.29. The molecule has 1 aromatic heterocycles. The number of aromatic carboxylic acids is 1. The number of hydrogen-bond acceptors (Lipinski definition) is 4. The zero-order chi connectivity index (χ0) is 11.2. The quantitative estimate of drug-likeness (QED) is 0.827.